The molecule has 0 aromatic heterocycles. The molecule has 0 radical (unpaired) electrons. The first-order valence-electron chi connectivity index (χ1n) is 10.1. The van der Waals surface area contributed by atoms with Crippen molar-refractivity contribution in [1.29, 1.82) is 0 Å². The minimum atomic E-state index is 0. The highest BCUT2D eigenvalue weighted by Crippen LogP contribution is 2.36. The van der Waals surface area contributed by atoms with E-state index in [4.69, 9.17) is 4.74 Å². The number of piperidine rings is 1. The third-order valence-corrected chi connectivity index (χ3v) is 6.23. The molecule has 1 saturated heterocycles. The van der Waals surface area contributed by atoms with Crippen molar-refractivity contribution in [3.8, 4) is 5.75 Å². The van der Waals surface area contributed by atoms with Crippen LogP contribution in [-0.4, -0.2) is 26.7 Å². The highest BCUT2D eigenvalue weighted by atomic mass is 35.5. The highest BCUT2D eigenvalue weighted by molar-refractivity contribution is 5.39. The second kappa shape index (κ2) is 9.28. The van der Waals surface area contributed by atoms with Gasteiger partial charge in [-0.1, -0.05) is 19.9 Å². The molecule has 1 heterocycles. The lowest BCUT2D eigenvalue weighted by molar-refractivity contribution is -0.912. The molecule has 2 nitrogen and oxygen atoms in total. The quantitative estimate of drug-likeness (QED) is 0.742. The van der Waals surface area contributed by atoms with Crippen molar-refractivity contribution in [2.75, 3.05) is 26.7 Å². The Kier molecular flexibility index (Phi) is 7.64. The van der Waals surface area contributed by atoms with Gasteiger partial charge in [-0.3, -0.25) is 0 Å². The predicted octanol–water partition coefficient (Wildman–Crippen LogP) is 0.994. The van der Waals surface area contributed by atoms with Crippen LogP contribution in [0.3, 0.4) is 0 Å². The predicted molar refractivity (Wildman–Crippen MR) is 101 cm³/mol. The summed E-state index contributed by atoms with van der Waals surface area (Å²) in [5, 5.41) is 0. The van der Waals surface area contributed by atoms with E-state index in [0.717, 1.165) is 11.7 Å². The maximum atomic E-state index is 5.40. The van der Waals surface area contributed by atoms with Crippen LogP contribution in [0.5, 0.6) is 5.75 Å². The largest absolute Gasteiger partial charge is 1.00 e. The molecule has 0 saturated carbocycles. The summed E-state index contributed by atoms with van der Waals surface area (Å²) in [4.78, 5) is 1.85. The van der Waals surface area contributed by atoms with Gasteiger partial charge in [0.25, 0.3) is 0 Å². The van der Waals surface area contributed by atoms with Gasteiger partial charge >= 0.3 is 0 Å². The molecule has 142 valence electrons. The molecular weight excluding hydrogens is 330 g/mol. The fourth-order valence-corrected chi connectivity index (χ4v) is 4.97. The molecule has 25 heavy (non-hydrogen) atoms. The van der Waals surface area contributed by atoms with Gasteiger partial charge in [-0.05, 0) is 80.5 Å². The number of quaternary nitrogens is 1. The molecule has 1 N–H and O–H groups in total. The molecule has 3 heteroatoms. The summed E-state index contributed by atoms with van der Waals surface area (Å²) >= 11 is 0. The van der Waals surface area contributed by atoms with E-state index in [2.05, 4.69) is 32.0 Å². The molecule has 3 rings (SSSR count). The summed E-state index contributed by atoms with van der Waals surface area (Å²) in [7, 11) is 1.77. The van der Waals surface area contributed by atoms with Crippen LogP contribution in [0.2, 0.25) is 0 Å². The van der Waals surface area contributed by atoms with Gasteiger partial charge in [0.1, 0.15) is 5.75 Å². The van der Waals surface area contributed by atoms with Crippen LogP contribution in [0, 0.1) is 5.41 Å². The van der Waals surface area contributed by atoms with E-state index in [9.17, 15) is 0 Å². The molecule has 2 atom stereocenters. The second-order valence-corrected chi connectivity index (χ2v) is 8.84. The lowest BCUT2D eigenvalue weighted by atomic mass is 9.80. The normalized spacial score (nSPS) is 24.9. The number of unbranched alkanes of at least 4 members (excludes halogenated alkanes) is 1. The average molecular weight is 366 g/mol. The molecule has 1 aromatic carbocycles. The minimum absolute atomic E-state index is 0. The van der Waals surface area contributed by atoms with Gasteiger partial charge < -0.3 is 22.0 Å². The van der Waals surface area contributed by atoms with Crippen molar-refractivity contribution < 1.29 is 22.0 Å². The molecule has 0 amide bonds. The summed E-state index contributed by atoms with van der Waals surface area (Å²) in [6.07, 6.45) is 10.9. The number of aryl methyl sites for hydroxylation is 1. The van der Waals surface area contributed by atoms with Crippen molar-refractivity contribution >= 4 is 0 Å². The third kappa shape index (κ3) is 5.62. The molecule has 0 spiro atoms. The summed E-state index contributed by atoms with van der Waals surface area (Å²) < 4.78 is 5.40. The first kappa shape index (κ1) is 20.6. The summed E-state index contributed by atoms with van der Waals surface area (Å²) in [5.74, 6) is 1.80. The van der Waals surface area contributed by atoms with E-state index in [0.29, 0.717) is 5.41 Å². The van der Waals surface area contributed by atoms with Gasteiger partial charge in [0.05, 0.1) is 26.7 Å². The van der Waals surface area contributed by atoms with E-state index >= 15 is 0 Å². The summed E-state index contributed by atoms with van der Waals surface area (Å²) in [6.45, 7) is 9.04. The number of likely N-dealkylation sites (tertiary alicyclic amines) is 1. The van der Waals surface area contributed by atoms with Gasteiger partial charge in [-0.2, -0.15) is 0 Å². The van der Waals surface area contributed by atoms with Crippen molar-refractivity contribution in [2.24, 2.45) is 5.41 Å². The molecule has 0 bridgehead atoms. The van der Waals surface area contributed by atoms with E-state index in [1.54, 1.807) is 12.7 Å². The molecule has 1 aliphatic heterocycles. The van der Waals surface area contributed by atoms with Crippen LogP contribution >= 0.6 is 0 Å². The van der Waals surface area contributed by atoms with Gasteiger partial charge in [-0.15, -0.1) is 0 Å². The molecular formula is C22H36ClNO. The number of hydrogen-bond acceptors (Lipinski definition) is 1. The maximum Gasteiger partial charge on any atom is 0.119 e. The van der Waals surface area contributed by atoms with Crippen molar-refractivity contribution in [1.82, 2.24) is 0 Å². The van der Waals surface area contributed by atoms with Crippen LogP contribution in [-0.2, 0) is 6.42 Å². The standard InChI is InChI=1S/C22H35NO.ClH/c1-22(2)13-7-15-23(17-22)14-5-4-8-18-9-6-10-19-16-20(24-3)11-12-21(18)19;/h11-12,16,18H,4-10,13-15,17H2,1-3H3;1H. The van der Waals surface area contributed by atoms with Gasteiger partial charge in [0, 0.05) is 5.41 Å². The zero-order valence-corrected chi connectivity index (χ0v) is 17.1. The lowest BCUT2D eigenvalue weighted by Gasteiger charge is -2.35. The number of fused-ring (bicyclic) bond motifs is 1. The fourth-order valence-electron chi connectivity index (χ4n) is 4.97. The van der Waals surface area contributed by atoms with Gasteiger partial charge in [0.2, 0.25) is 0 Å². The van der Waals surface area contributed by atoms with Crippen LogP contribution in [0.4, 0.5) is 0 Å². The number of methoxy groups -OCH3 is 1. The van der Waals surface area contributed by atoms with Crippen LogP contribution in [0.15, 0.2) is 18.2 Å². The van der Waals surface area contributed by atoms with Crippen LogP contribution in [0.25, 0.3) is 0 Å². The Bertz CT molecular complexity index is 543. The van der Waals surface area contributed by atoms with Gasteiger partial charge in [-0.25, -0.2) is 0 Å². The van der Waals surface area contributed by atoms with Crippen molar-refractivity contribution in [3.05, 3.63) is 29.3 Å². The van der Waals surface area contributed by atoms with E-state index in [-0.39, 0.29) is 12.4 Å². The number of nitrogens with one attached hydrogen (secondary N) is 1. The Balaban J connectivity index is 0.00000225. The molecule has 2 aliphatic rings. The average Bonchev–Trinajstić information content (AvgIpc) is 2.57. The van der Waals surface area contributed by atoms with Crippen molar-refractivity contribution in [2.45, 2.75) is 71.1 Å². The zero-order valence-electron chi connectivity index (χ0n) is 16.4. The molecule has 1 aliphatic carbocycles. The van der Waals surface area contributed by atoms with E-state index in [1.807, 2.05) is 4.90 Å². The topological polar surface area (TPSA) is 13.7 Å². The Hall–Kier alpha value is -0.730. The zero-order chi connectivity index (χ0) is 17.0. The minimum Gasteiger partial charge on any atom is -1.00 e. The number of rotatable bonds is 6. The Morgan fingerprint density at radius 2 is 2.04 bits per heavy atom. The number of halogens is 1. The van der Waals surface area contributed by atoms with E-state index < -0.39 is 0 Å². The van der Waals surface area contributed by atoms with Crippen LogP contribution < -0.4 is 22.0 Å². The SMILES string of the molecule is COc1ccc2c(c1)CCCC2CCCC[NH+]1CCCC(C)(C)C1.[Cl-]. The van der Waals surface area contributed by atoms with E-state index in [1.165, 1.54) is 76.6 Å². The number of hydrogen-bond donors (Lipinski definition) is 1. The summed E-state index contributed by atoms with van der Waals surface area (Å²) in [6, 6.07) is 6.75. The molecule has 1 fully saturated rings. The van der Waals surface area contributed by atoms with Gasteiger partial charge in [0.15, 0.2) is 0 Å². The monoisotopic (exact) mass is 365 g/mol. The Labute approximate surface area is 160 Å². The number of benzene rings is 1. The molecule has 2 unspecified atom stereocenters. The third-order valence-electron chi connectivity index (χ3n) is 6.23. The summed E-state index contributed by atoms with van der Waals surface area (Å²) in [5.41, 5.74) is 3.71. The maximum absolute atomic E-state index is 5.40. The molecule has 1 aromatic rings. The first-order valence-corrected chi connectivity index (χ1v) is 10.1. The highest BCUT2D eigenvalue weighted by Gasteiger charge is 2.29. The fraction of sp³-hybridized carbons (Fsp3) is 0.727. The smallest absolute Gasteiger partial charge is 0.119 e. The first-order chi connectivity index (χ1) is 11.6. The van der Waals surface area contributed by atoms with Crippen molar-refractivity contribution in [3.63, 3.8) is 0 Å². The number of ether oxygens (including phenoxy) is 1. The van der Waals surface area contributed by atoms with Crippen LogP contribution in [0.1, 0.15) is 75.8 Å². The Morgan fingerprint density at radius 3 is 2.80 bits per heavy atom. The second-order valence-electron chi connectivity index (χ2n) is 8.84. The lowest BCUT2D eigenvalue weighted by Crippen LogP contribution is -3.14. The Morgan fingerprint density at radius 1 is 1.20 bits per heavy atom.